The minimum atomic E-state index is -0.247. The zero-order valence-electron chi connectivity index (χ0n) is 13.0. The maximum Gasteiger partial charge on any atom is 0.213 e. The molecule has 2 rings (SSSR count). The van der Waals surface area contributed by atoms with Crippen molar-refractivity contribution in [3.63, 3.8) is 0 Å². The van der Waals surface area contributed by atoms with Crippen LogP contribution in [0.4, 0.5) is 4.39 Å². The van der Waals surface area contributed by atoms with E-state index in [4.69, 9.17) is 4.74 Å². The predicted molar refractivity (Wildman–Crippen MR) is 99.6 cm³/mol. The van der Waals surface area contributed by atoms with Crippen LogP contribution in [0.2, 0.25) is 0 Å². The van der Waals surface area contributed by atoms with E-state index in [2.05, 4.69) is 20.6 Å². The van der Waals surface area contributed by atoms with E-state index in [9.17, 15) is 4.39 Å². The third-order valence-electron chi connectivity index (χ3n) is 3.00. The van der Waals surface area contributed by atoms with Crippen LogP contribution in [0.1, 0.15) is 11.3 Å². The van der Waals surface area contributed by atoms with Crippen LogP contribution in [0.25, 0.3) is 0 Å². The molecule has 2 N–H and O–H groups in total. The van der Waals surface area contributed by atoms with Crippen molar-refractivity contribution < 1.29 is 9.13 Å². The maximum absolute atomic E-state index is 13.1. The van der Waals surface area contributed by atoms with Crippen LogP contribution in [0.3, 0.4) is 0 Å². The molecule has 7 heteroatoms. The molecule has 0 fully saturated rings. The van der Waals surface area contributed by atoms with Gasteiger partial charge in [-0.3, -0.25) is 4.99 Å². The van der Waals surface area contributed by atoms with Crippen LogP contribution in [0, 0.1) is 5.82 Å². The van der Waals surface area contributed by atoms with Gasteiger partial charge in [0.2, 0.25) is 5.88 Å². The number of rotatable bonds is 5. The molecule has 2 aromatic rings. The number of benzene rings is 1. The molecule has 0 saturated heterocycles. The van der Waals surface area contributed by atoms with Crippen LogP contribution < -0.4 is 15.4 Å². The Morgan fingerprint density at radius 3 is 2.61 bits per heavy atom. The molecule has 5 nitrogen and oxygen atoms in total. The van der Waals surface area contributed by atoms with Gasteiger partial charge in [-0.25, -0.2) is 9.37 Å². The van der Waals surface area contributed by atoms with Crippen LogP contribution in [0.15, 0.2) is 47.5 Å². The molecule has 1 heterocycles. The van der Waals surface area contributed by atoms with Gasteiger partial charge in [-0.1, -0.05) is 18.2 Å². The van der Waals surface area contributed by atoms with Gasteiger partial charge < -0.3 is 15.4 Å². The first-order valence-corrected chi connectivity index (χ1v) is 6.90. The monoisotopic (exact) mass is 430 g/mol. The van der Waals surface area contributed by atoms with Crippen molar-refractivity contribution in [2.75, 3.05) is 14.2 Å². The van der Waals surface area contributed by atoms with Gasteiger partial charge >= 0.3 is 0 Å². The van der Waals surface area contributed by atoms with Gasteiger partial charge in [0.1, 0.15) is 5.82 Å². The van der Waals surface area contributed by atoms with Crippen LogP contribution >= 0.6 is 24.0 Å². The second-order valence-corrected chi connectivity index (χ2v) is 4.58. The summed E-state index contributed by atoms with van der Waals surface area (Å²) in [7, 11) is 3.26. The summed E-state index contributed by atoms with van der Waals surface area (Å²) in [6.07, 6.45) is 0. The first-order chi connectivity index (χ1) is 10.7. The first-order valence-electron chi connectivity index (χ1n) is 6.90. The number of aliphatic imine (C=N–C) groups is 1. The summed E-state index contributed by atoms with van der Waals surface area (Å²) in [5.74, 6) is 0.943. The highest BCUT2D eigenvalue weighted by Crippen LogP contribution is 2.06. The van der Waals surface area contributed by atoms with E-state index in [1.165, 1.54) is 12.1 Å². The van der Waals surface area contributed by atoms with E-state index in [-0.39, 0.29) is 29.8 Å². The van der Waals surface area contributed by atoms with Crippen molar-refractivity contribution in [1.82, 2.24) is 15.6 Å². The van der Waals surface area contributed by atoms with Crippen molar-refractivity contribution in [2.45, 2.75) is 13.1 Å². The fraction of sp³-hybridized carbons (Fsp3) is 0.250. The van der Waals surface area contributed by atoms with Crippen molar-refractivity contribution in [1.29, 1.82) is 0 Å². The van der Waals surface area contributed by atoms with E-state index >= 15 is 0 Å². The number of aromatic nitrogens is 1. The summed E-state index contributed by atoms with van der Waals surface area (Å²) in [6.45, 7) is 1.00. The maximum atomic E-state index is 13.1. The number of ether oxygens (including phenoxy) is 1. The molecular formula is C16H20FIN4O. The molecule has 0 aliphatic rings. The average Bonchev–Trinajstić information content (AvgIpc) is 2.55. The first kappa shape index (κ1) is 19.1. The van der Waals surface area contributed by atoms with E-state index < -0.39 is 0 Å². The molecule has 0 bridgehead atoms. The highest BCUT2D eigenvalue weighted by Gasteiger charge is 2.02. The summed E-state index contributed by atoms with van der Waals surface area (Å²) >= 11 is 0. The number of halogens is 2. The van der Waals surface area contributed by atoms with Gasteiger partial charge in [-0.2, -0.15) is 0 Å². The molecule has 0 spiro atoms. The minimum absolute atomic E-state index is 0. The Bertz CT molecular complexity index is 651. The molecular weight excluding hydrogens is 410 g/mol. The van der Waals surface area contributed by atoms with Crippen LogP contribution in [-0.2, 0) is 13.1 Å². The molecule has 0 unspecified atom stereocenters. The Balaban J connectivity index is 0.00000264. The number of methoxy groups -OCH3 is 1. The lowest BCUT2D eigenvalue weighted by Crippen LogP contribution is -2.36. The highest BCUT2D eigenvalue weighted by molar-refractivity contribution is 14.0. The number of nitrogens with one attached hydrogen (secondary N) is 2. The summed E-state index contributed by atoms with van der Waals surface area (Å²) in [5.41, 5.74) is 1.69. The molecule has 0 amide bonds. The Labute approximate surface area is 152 Å². The van der Waals surface area contributed by atoms with E-state index in [1.807, 2.05) is 18.2 Å². The molecule has 0 radical (unpaired) electrons. The molecule has 0 aliphatic carbocycles. The Morgan fingerprint density at radius 2 is 1.91 bits per heavy atom. The lowest BCUT2D eigenvalue weighted by molar-refractivity contribution is 0.396. The normalized spacial score (nSPS) is 10.7. The number of guanidine groups is 1. The van der Waals surface area contributed by atoms with Crippen molar-refractivity contribution in [2.24, 2.45) is 4.99 Å². The largest absolute Gasteiger partial charge is 0.481 e. The van der Waals surface area contributed by atoms with Crippen molar-refractivity contribution in [3.05, 3.63) is 59.5 Å². The second-order valence-electron chi connectivity index (χ2n) is 4.58. The highest BCUT2D eigenvalue weighted by atomic mass is 127. The number of nitrogens with zero attached hydrogens (tertiary/aromatic N) is 2. The zero-order valence-corrected chi connectivity index (χ0v) is 15.4. The topological polar surface area (TPSA) is 58.5 Å². The Hall–Kier alpha value is -1.90. The SMILES string of the molecule is CN=C(NCc1cccc(F)c1)NCc1cccc(OC)n1.I. The van der Waals surface area contributed by atoms with E-state index in [0.29, 0.717) is 24.9 Å². The molecule has 23 heavy (non-hydrogen) atoms. The van der Waals surface area contributed by atoms with Crippen molar-refractivity contribution >= 4 is 29.9 Å². The number of pyridine rings is 1. The van der Waals surface area contributed by atoms with Gasteiger partial charge in [0.25, 0.3) is 0 Å². The molecule has 1 aromatic carbocycles. The van der Waals surface area contributed by atoms with Crippen LogP contribution in [0.5, 0.6) is 5.88 Å². The number of hydrogen-bond donors (Lipinski definition) is 2. The Kier molecular flexibility index (Phi) is 8.31. The average molecular weight is 430 g/mol. The van der Waals surface area contributed by atoms with Gasteiger partial charge in [0, 0.05) is 19.7 Å². The van der Waals surface area contributed by atoms with Crippen LogP contribution in [-0.4, -0.2) is 25.1 Å². The summed E-state index contributed by atoms with van der Waals surface area (Å²) < 4.78 is 18.2. The smallest absolute Gasteiger partial charge is 0.213 e. The standard InChI is InChI=1S/C16H19FN4O.HI/c1-18-16(19-10-12-5-3-6-13(17)9-12)20-11-14-7-4-8-15(21-14)22-2;/h3-9H,10-11H2,1-2H3,(H2,18,19,20);1H. The third-order valence-corrected chi connectivity index (χ3v) is 3.00. The van der Waals surface area contributed by atoms with E-state index in [1.54, 1.807) is 26.3 Å². The fourth-order valence-electron chi connectivity index (χ4n) is 1.90. The summed E-state index contributed by atoms with van der Waals surface area (Å²) in [5, 5.41) is 6.27. The second kappa shape index (κ2) is 9.98. The van der Waals surface area contributed by atoms with Gasteiger partial charge in [-0.05, 0) is 23.8 Å². The lowest BCUT2D eigenvalue weighted by Gasteiger charge is -2.12. The zero-order chi connectivity index (χ0) is 15.8. The lowest BCUT2D eigenvalue weighted by atomic mass is 10.2. The molecule has 0 atom stereocenters. The predicted octanol–water partition coefficient (Wildman–Crippen LogP) is 2.71. The molecule has 124 valence electrons. The number of hydrogen-bond acceptors (Lipinski definition) is 3. The quantitative estimate of drug-likeness (QED) is 0.435. The summed E-state index contributed by atoms with van der Waals surface area (Å²) in [6, 6.07) is 12.0. The van der Waals surface area contributed by atoms with Gasteiger partial charge in [0.05, 0.1) is 19.3 Å². The fourth-order valence-corrected chi connectivity index (χ4v) is 1.90. The molecule has 0 saturated carbocycles. The van der Waals surface area contributed by atoms with E-state index in [0.717, 1.165) is 11.3 Å². The molecule has 0 aliphatic heterocycles. The minimum Gasteiger partial charge on any atom is -0.481 e. The summed E-state index contributed by atoms with van der Waals surface area (Å²) in [4.78, 5) is 8.44. The van der Waals surface area contributed by atoms with Crippen molar-refractivity contribution in [3.8, 4) is 5.88 Å². The Morgan fingerprint density at radius 1 is 1.17 bits per heavy atom. The van der Waals surface area contributed by atoms with Gasteiger partial charge in [0.15, 0.2) is 5.96 Å². The van der Waals surface area contributed by atoms with Gasteiger partial charge in [-0.15, -0.1) is 24.0 Å². The third kappa shape index (κ3) is 6.39. The molecule has 1 aromatic heterocycles.